The number of nitrogens with zero attached hydrogens (tertiary/aromatic N) is 1. The number of benzene rings is 1. The Kier molecular flexibility index (Phi) is 4.29. The maximum Gasteiger partial charge on any atom is 0.0982 e. The Morgan fingerprint density at radius 3 is 2.71 bits per heavy atom. The topological polar surface area (TPSA) is 45.1 Å². The molecule has 0 saturated heterocycles. The Balaban J connectivity index is 1.64. The first kappa shape index (κ1) is 14.9. The van der Waals surface area contributed by atoms with E-state index in [-0.39, 0.29) is 0 Å². The molecule has 2 unspecified atom stereocenters. The molecule has 1 aliphatic rings. The number of hydrogen-bond acceptors (Lipinski definition) is 4. The third-order valence-corrected chi connectivity index (χ3v) is 5.97. The second-order valence-corrected chi connectivity index (χ2v) is 7.47. The summed E-state index contributed by atoms with van der Waals surface area (Å²) in [5.74, 6) is 0.354. The molecule has 0 bridgehead atoms. The summed E-state index contributed by atoms with van der Waals surface area (Å²) >= 11 is 1.78. The van der Waals surface area contributed by atoms with Crippen molar-refractivity contribution in [3.8, 4) is 0 Å². The van der Waals surface area contributed by atoms with Crippen molar-refractivity contribution in [3.63, 3.8) is 0 Å². The van der Waals surface area contributed by atoms with Crippen molar-refractivity contribution < 1.29 is 5.11 Å². The van der Waals surface area contributed by atoms with Gasteiger partial charge in [0, 0.05) is 18.5 Å². The SMILES string of the molecule is CC(NCC1(O)CCCC1)C(C)c1nc2ccccc2s1. The molecule has 2 aromatic rings. The van der Waals surface area contributed by atoms with Gasteiger partial charge in [-0.15, -0.1) is 11.3 Å². The second kappa shape index (κ2) is 6.03. The number of aliphatic hydroxyl groups is 1. The number of aromatic nitrogens is 1. The molecular formula is C17H24N2OS. The van der Waals surface area contributed by atoms with Crippen LogP contribution in [0.5, 0.6) is 0 Å². The minimum Gasteiger partial charge on any atom is -0.389 e. The van der Waals surface area contributed by atoms with Gasteiger partial charge in [-0.3, -0.25) is 0 Å². The van der Waals surface area contributed by atoms with E-state index in [1.807, 2.05) is 6.07 Å². The summed E-state index contributed by atoms with van der Waals surface area (Å²) in [6.07, 6.45) is 4.17. The fraction of sp³-hybridized carbons (Fsp3) is 0.588. The van der Waals surface area contributed by atoms with Crippen molar-refractivity contribution in [2.75, 3.05) is 6.54 Å². The van der Waals surface area contributed by atoms with Crippen LogP contribution in [0.15, 0.2) is 24.3 Å². The minimum absolute atomic E-state index is 0.315. The van der Waals surface area contributed by atoms with Gasteiger partial charge < -0.3 is 10.4 Å². The van der Waals surface area contributed by atoms with Crippen LogP contribution in [0.3, 0.4) is 0 Å². The normalized spacial score (nSPS) is 20.7. The Morgan fingerprint density at radius 2 is 2.00 bits per heavy atom. The standard InChI is InChI=1S/C17H24N2OS/c1-12(13(2)18-11-17(20)9-5-6-10-17)16-19-14-7-3-4-8-15(14)21-16/h3-4,7-8,12-13,18,20H,5-6,9-11H2,1-2H3. The number of rotatable bonds is 5. The fourth-order valence-corrected chi connectivity index (χ4v) is 4.16. The summed E-state index contributed by atoms with van der Waals surface area (Å²) in [6.45, 7) is 5.10. The van der Waals surface area contributed by atoms with Gasteiger partial charge in [-0.05, 0) is 31.9 Å². The molecule has 1 heterocycles. The average Bonchev–Trinajstić information content (AvgIpc) is 3.10. The Morgan fingerprint density at radius 1 is 1.29 bits per heavy atom. The number of thiazole rings is 1. The molecule has 3 nitrogen and oxygen atoms in total. The highest BCUT2D eigenvalue weighted by atomic mass is 32.1. The zero-order valence-electron chi connectivity index (χ0n) is 12.8. The Bertz CT molecular complexity index is 571. The van der Waals surface area contributed by atoms with Crippen LogP contribution >= 0.6 is 11.3 Å². The van der Waals surface area contributed by atoms with Crippen LogP contribution < -0.4 is 5.32 Å². The Labute approximate surface area is 130 Å². The zero-order chi connectivity index (χ0) is 14.9. The molecule has 114 valence electrons. The fourth-order valence-electron chi connectivity index (χ4n) is 3.04. The van der Waals surface area contributed by atoms with E-state index in [0.29, 0.717) is 18.5 Å². The van der Waals surface area contributed by atoms with Crippen LogP contribution in [0, 0.1) is 0 Å². The van der Waals surface area contributed by atoms with Crippen molar-refractivity contribution in [3.05, 3.63) is 29.3 Å². The van der Waals surface area contributed by atoms with E-state index in [1.165, 1.54) is 9.71 Å². The highest BCUT2D eigenvalue weighted by molar-refractivity contribution is 7.18. The summed E-state index contributed by atoms with van der Waals surface area (Å²) in [6, 6.07) is 8.61. The second-order valence-electron chi connectivity index (χ2n) is 6.41. The smallest absolute Gasteiger partial charge is 0.0982 e. The first-order valence-electron chi connectivity index (χ1n) is 7.89. The van der Waals surface area contributed by atoms with Crippen LogP contribution in [0.25, 0.3) is 10.2 Å². The maximum absolute atomic E-state index is 10.4. The predicted molar refractivity (Wildman–Crippen MR) is 88.9 cm³/mol. The van der Waals surface area contributed by atoms with E-state index < -0.39 is 5.60 Å². The van der Waals surface area contributed by atoms with Crippen molar-refractivity contribution in [1.82, 2.24) is 10.3 Å². The first-order valence-corrected chi connectivity index (χ1v) is 8.70. The molecule has 0 amide bonds. The third kappa shape index (κ3) is 3.28. The van der Waals surface area contributed by atoms with Crippen molar-refractivity contribution in [1.29, 1.82) is 0 Å². The largest absolute Gasteiger partial charge is 0.389 e. The van der Waals surface area contributed by atoms with E-state index in [2.05, 4.69) is 37.4 Å². The predicted octanol–water partition coefficient (Wildman–Crippen LogP) is 3.68. The highest BCUT2D eigenvalue weighted by Crippen LogP contribution is 2.31. The number of fused-ring (bicyclic) bond motifs is 1. The molecule has 1 saturated carbocycles. The minimum atomic E-state index is -0.485. The third-order valence-electron chi connectivity index (χ3n) is 4.74. The van der Waals surface area contributed by atoms with Gasteiger partial charge in [0.05, 0.1) is 20.8 Å². The van der Waals surface area contributed by atoms with Crippen LogP contribution in [0.1, 0.15) is 50.5 Å². The van der Waals surface area contributed by atoms with E-state index in [1.54, 1.807) is 11.3 Å². The molecule has 4 heteroatoms. The van der Waals surface area contributed by atoms with E-state index in [9.17, 15) is 5.11 Å². The van der Waals surface area contributed by atoms with E-state index >= 15 is 0 Å². The number of nitrogens with one attached hydrogen (secondary N) is 1. The van der Waals surface area contributed by atoms with Gasteiger partial charge in [0.15, 0.2) is 0 Å². The van der Waals surface area contributed by atoms with Gasteiger partial charge in [0.25, 0.3) is 0 Å². The zero-order valence-corrected chi connectivity index (χ0v) is 13.6. The van der Waals surface area contributed by atoms with Crippen LogP contribution in [0.2, 0.25) is 0 Å². The average molecular weight is 304 g/mol. The molecule has 1 aromatic carbocycles. The summed E-state index contributed by atoms with van der Waals surface area (Å²) in [7, 11) is 0. The van der Waals surface area contributed by atoms with Gasteiger partial charge in [-0.2, -0.15) is 0 Å². The van der Waals surface area contributed by atoms with E-state index in [0.717, 1.165) is 31.2 Å². The molecular weight excluding hydrogens is 280 g/mol. The van der Waals surface area contributed by atoms with Gasteiger partial charge in [0.2, 0.25) is 0 Å². The molecule has 3 rings (SSSR count). The van der Waals surface area contributed by atoms with Crippen molar-refractivity contribution >= 4 is 21.6 Å². The summed E-state index contributed by atoms with van der Waals surface area (Å²) in [4.78, 5) is 4.75. The molecule has 0 radical (unpaired) electrons. The lowest BCUT2D eigenvalue weighted by atomic mass is 9.99. The molecule has 0 spiro atoms. The molecule has 2 atom stereocenters. The first-order chi connectivity index (χ1) is 10.1. The van der Waals surface area contributed by atoms with Crippen LogP contribution in [0.4, 0.5) is 0 Å². The van der Waals surface area contributed by atoms with Gasteiger partial charge in [-0.25, -0.2) is 4.98 Å². The lowest BCUT2D eigenvalue weighted by molar-refractivity contribution is 0.0447. The lowest BCUT2D eigenvalue weighted by Crippen LogP contribution is -2.43. The highest BCUT2D eigenvalue weighted by Gasteiger charge is 2.31. The molecule has 1 aliphatic carbocycles. The monoisotopic (exact) mass is 304 g/mol. The van der Waals surface area contributed by atoms with Gasteiger partial charge >= 0.3 is 0 Å². The maximum atomic E-state index is 10.4. The van der Waals surface area contributed by atoms with Crippen LogP contribution in [-0.2, 0) is 0 Å². The van der Waals surface area contributed by atoms with Crippen molar-refractivity contribution in [2.24, 2.45) is 0 Å². The van der Waals surface area contributed by atoms with Gasteiger partial charge in [0.1, 0.15) is 0 Å². The molecule has 1 aromatic heterocycles. The van der Waals surface area contributed by atoms with E-state index in [4.69, 9.17) is 4.98 Å². The summed E-state index contributed by atoms with van der Waals surface area (Å²) in [5.41, 5.74) is 0.604. The van der Waals surface area contributed by atoms with Crippen molar-refractivity contribution in [2.45, 2.75) is 57.1 Å². The Hall–Kier alpha value is -0.970. The molecule has 2 N–H and O–H groups in total. The van der Waals surface area contributed by atoms with Crippen LogP contribution in [-0.4, -0.2) is 28.3 Å². The summed E-state index contributed by atoms with van der Waals surface area (Å²) < 4.78 is 1.25. The number of para-hydroxylation sites is 1. The number of hydrogen-bond donors (Lipinski definition) is 2. The van der Waals surface area contributed by atoms with Gasteiger partial charge in [-0.1, -0.05) is 31.9 Å². The molecule has 0 aliphatic heterocycles. The quantitative estimate of drug-likeness (QED) is 0.885. The molecule has 1 fully saturated rings. The lowest BCUT2D eigenvalue weighted by Gasteiger charge is -2.27. The molecule has 21 heavy (non-hydrogen) atoms. The summed E-state index contributed by atoms with van der Waals surface area (Å²) in [5, 5.41) is 15.1.